The minimum atomic E-state index is -0.880. The van der Waals surface area contributed by atoms with E-state index in [9.17, 15) is 0 Å². The van der Waals surface area contributed by atoms with Crippen LogP contribution in [0.5, 0.6) is 0 Å². The molecule has 0 heterocycles. The molecule has 0 bridgehead atoms. The molecular formula is C14H20Cl2OSiZr. The largest absolute Gasteiger partial charge is 3.00 e. The van der Waals surface area contributed by atoms with Crippen LogP contribution in [0.4, 0.5) is 0 Å². The van der Waals surface area contributed by atoms with Crippen molar-refractivity contribution in [2.75, 3.05) is 0 Å². The van der Waals surface area contributed by atoms with Crippen LogP contribution in [-0.4, -0.2) is 13.8 Å². The van der Waals surface area contributed by atoms with Gasteiger partial charge in [-0.25, -0.2) is 0 Å². The SMILES string of the molecule is CCc1cccc2[cH-]c(C)cc12.C[Si](C)O.[Cl-].[Cl-].[Zr+3]. The summed E-state index contributed by atoms with van der Waals surface area (Å²) in [7, 11) is -0.880. The van der Waals surface area contributed by atoms with Crippen LogP contribution in [0.3, 0.4) is 0 Å². The molecule has 2 rings (SSSR count). The van der Waals surface area contributed by atoms with Crippen molar-refractivity contribution in [3.63, 3.8) is 0 Å². The van der Waals surface area contributed by atoms with Crippen LogP contribution < -0.4 is 24.8 Å². The van der Waals surface area contributed by atoms with Gasteiger partial charge in [-0.1, -0.05) is 25.5 Å². The molecular weight excluding hydrogens is 374 g/mol. The Bertz CT molecular complexity index is 455. The molecule has 0 saturated heterocycles. The Balaban J connectivity index is -0.000000329. The van der Waals surface area contributed by atoms with Gasteiger partial charge < -0.3 is 29.6 Å². The minimum absolute atomic E-state index is 0. The second-order valence-corrected chi connectivity index (χ2v) is 6.15. The van der Waals surface area contributed by atoms with Crippen LogP contribution in [0.15, 0.2) is 30.3 Å². The van der Waals surface area contributed by atoms with Crippen molar-refractivity contribution in [2.24, 2.45) is 0 Å². The van der Waals surface area contributed by atoms with Gasteiger partial charge in [0.25, 0.3) is 0 Å². The van der Waals surface area contributed by atoms with Crippen LogP contribution in [0, 0.1) is 6.92 Å². The zero-order valence-corrected chi connectivity index (χ0v) is 16.8. The maximum absolute atomic E-state index is 8.16. The topological polar surface area (TPSA) is 20.2 Å². The van der Waals surface area contributed by atoms with Crippen molar-refractivity contribution >= 4 is 19.8 Å². The van der Waals surface area contributed by atoms with Crippen LogP contribution in [-0.2, 0) is 32.6 Å². The van der Waals surface area contributed by atoms with Crippen molar-refractivity contribution in [3.05, 3.63) is 41.5 Å². The zero-order valence-electron chi connectivity index (χ0n) is 11.8. The molecule has 0 aliphatic carbocycles. The second kappa shape index (κ2) is 12.2. The van der Waals surface area contributed by atoms with Gasteiger partial charge in [0, 0.05) is 0 Å². The quantitative estimate of drug-likeness (QED) is 0.425. The minimum Gasteiger partial charge on any atom is -1.00 e. The normalized spacial score (nSPS) is 8.74. The van der Waals surface area contributed by atoms with Gasteiger partial charge in [-0.05, 0) is 19.5 Å². The molecule has 0 amide bonds. The fourth-order valence-electron chi connectivity index (χ4n) is 1.76. The van der Waals surface area contributed by atoms with E-state index in [2.05, 4.69) is 44.2 Å². The maximum Gasteiger partial charge on any atom is 3.00 e. The molecule has 1 N–H and O–H groups in total. The Kier molecular flexibility index (Phi) is 15.8. The maximum atomic E-state index is 8.16. The Morgan fingerprint density at radius 2 is 1.74 bits per heavy atom. The molecule has 0 spiro atoms. The molecule has 104 valence electrons. The summed E-state index contributed by atoms with van der Waals surface area (Å²) < 4.78 is 0. The van der Waals surface area contributed by atoms with Gasteiger partial charge in [-0.3, -0.25) is 0 Å². The van der Waals surface area contributed by atoms with Gasteiger partial charge >= 0.3 is 26.2 Å². The van der Waals surface area contributed by atoms with Crippen molar-refractivity contribution in [1.29, 1.82) is 0 Å². The first kappa shape index (κ1) is 24.5. The van der Waals surface area contributed by atoms with Gasteiger partial charge in [-0.15, -0.1) is 34.5 Å². The molecule has 2 radical (unpaired) electrons. The van der Waals surface area contributed by atoms with Gasteiger partial charge in [-0.2, -0.15) is 6.07 Å². The summed E-state index contributed by atoms with van der Waals surface area (Å²) in [6.07, 6.45) is 1.13. The first-order valence-electron chi connectivity index (χ1n) is 5.68. The molecule has 5 heteroatoms. The Hall–Kier alpha value is 0.470. The summed E-state index contributed by atoms with van der Waals surface area (Å²) >= 11 is 0. The molecule has 0 atom stereocenters. The van der Waals surface area contributed by atoms with Gasteiger partial charge in [0.1, 0.15) is 0 Å². The third-order valence-corrected chi connectivity index (χ3v) is 2.37. The summed E-state index contributed by atoms with van der Waals surface area (Å²) in [6.45, 7) is 8.01. The van der Waals surface area contributed by atoms with E-state index in [1.54, 1.807) is 0 Å². The van der Waals surface area contributed by atoms with Crippen LogP contribution in [0.1, 0.15) is 18.1 Å². The summed E-state index contributed by atoms with van der Waals surface area (Å²) in [5.41, 5.74) is 2.83. The predicted molar refractivity (Wildman–Crippen MR) is 73.4 cm³/mol. The number of fused-ring (bicyclic) bond motifs is 1. The third-order valence-electron chi connectivity index (χ3n) is 2.37. The predicted octanol–water partition coefficient (Wildman–Crippen LogP) is -2.34. The summed E-state index contributed by atoms with van der Waals surface area (Å²) in [4.78, 5) is 8.16. The summed E-state index contributed by atoms with van der Waals surface area (Å²) in [6, 6.07) is 11.0. The summed E-state index contributed by atoms with van der Waals surface area (Å²) in [5, 5.41) is 2.81. The second-order valence-electron chi connectivity index (χ2n) is 4.25. The molecule has 0 aliphatic heterocycles. The van der Waals surface area contributed by atoms with E-state index < -0.39 is 9.04 Å². The molecule has 2 aromatic carbocycles. The monoisotopic (exact) mass is 392 g/mol. The average molecular weight is 395 g/mol. The van der Waals surface area contributed by atoms with E-state index in [0.717, 1.165) is 6.42 Å². The van der Waals surface area contributed by atoms with Gasteiger partial charge in [0.2, 0.25) is 0 Å². The number of rotatable bonds is 1. The average Bonchev–Trinajstić information content (AvgIpc) is 2.56. The Morgan fingerprint density at radius 1 is 1.21 bits per heavy atom. The van der Waals surface area contributed by atoms with Gasteiger partial charge in [0.05, 0.1) is 0 Å². The number of aryl methyl sites for hydroxylation is 2. The van der Waals surface area contributed by atoms with Crippen molar-refractivity contribution in [2.45, 2.75) is 33.4 Å². The molecule has 0 saturated carbocycles. The van der Waals surface area contributed by atoms with Crippen LogP contribution >= 0.6 is 0 Å². The fourth-order valence-corrected chi connectivity index (χ4v) is 1.76. The molecule has 1 nitrogen and oxygen atoms in total. The molecule has 19 heavy (non-hydrogen) atoms. The van der Waals surface area contributed by atoms with Gasteiger partial charge in [0.15, 0.2) is 9.04 Å². The number of hydrogen-bond donors (Lipinski definition) is 1. The van der Waals surface area contributed by atoms with Crippen molar-refractivity contribution < 1.29 is 55.8 Å². The number of halogens is 2. The molecule has 0 unspecified atom stereocenters. The van der Waals surface area contributed by atoms with E-state index >= 15 is 0 Å². The smallest absolute Gasteiger partial charge is 1.00 e. The standard InChI is InChI=1S/C12H13.C2H7OSi.2ClH.Zr/c1-3-10-5-4-6-11-7-9(2)8-12(10)11;1-4(2)3;;;/h4-8H,3H2,1-2H3;3H,1-2H3;2*1H;/q-1;;;;+3/p-2. The Morgan fingerprint density at radius 3 is 2.21 bits per heavy atom. The van der Waals surface area contributed by atoms with E-state index in [0.29, 0.717) is 0 Å². The zero-order chi connectivity index (χ0) is 12.1. The third kappa shape index (κ3) is 8.37. The summed E-state index contributed by atoms with van der Waals surface area (Å²) in [5.74, 6) is 0. The molecule has 0 fully saturated rings. The molecule has 2 aromatic rings. The van der Waals surface area contributed by atoms with E-state index in [1.807, 2.05) is 13.1 Å². The number of benzene rings is 1. The fraction of sp³-hybridized carbons (Fsp3) is 0.357. The first-order chi connectivity index (χ1) is 7.54. The number of hydrogen-bond acceptors (Lipinski definition) is 1. The van der Waals surface area contributed by atoms with Crippen LogP contribution in [0.2, 0.25) is 13.1 Å². The first-order valence-corrected chi connectivity index (χ1v) is 8.13. The molecule has 0 aliphatic rings. The van der Waals surface area contributed by atoms with E-state index in [1.165, 1.54) is 21.9 Å². The van der Waals surface area contributed by atoms with Crippen molar-refractivity contribution in [3.8, 4) is 0 Å². The van der Waals surface area contributed by atoms with Crippen molar-refractivity contribution in [1.82, 2.24) is 0 Å². The van der Waals surface area contributed by atoms with E-state index in [4.69, 9.17) is 4.80 Å². The Labute approximate surface area is 149 Å². The van der Waals surface area contributed by atoms with Crippen LogP contribution in [0.25, 0.3) is 10.8 Å². The molecule has 0 aromatic heterocycles. The van der Waals surface area contributed by atoms with E-state index in [-0.39, 0.29) is 51.0 Å².